The summed E-state index contributed by atoms with van der Waals surface area (Å²) in [5, 5.41) is 21.0. The highest BCUT2D eigenvalue weighted by Crippen LogP contribution is 2.13. The molecule has 0 heterocycles. The van der Waals surface area contributed by atoms with Crippen LogP contribution in [0.3, 0.4) is 0 Å². The van der Waals surface area contributed by atoms with Gasteiger partial charge in [-0.25, -0.2) is 9.59 Å². The van der Waals surface area contributed by atoms with Crippen molar-refractivity contribution in [2.45, 2.75) is 19.4 Å². The Bertz CT molecular complexity index is 547. The van der Waals surface area contributed by atoms with Crippen molar-refractivity contribution in [3.8, 4) is 0 Å². The molecule has 1 rings (SSSR count). The molecular weight excluding hydrogens is 272 g/mol. The fourth-order valence-corrected chi connectivity index (χ4v) is 1.76. The predicted molar refractivity (Wildman–Crippen MR) is 81.1 cm³/mol. The van der Waals surface area contributed by atoms with Gasteiger partial charge in [0, 0.05) is 18.8 Å². The number of urea groups is 1. The van der Waals surface area contributed by atoms with Crippen LogP contribution >= 0.6 is 0 Å². The first-order chi connectivity index (χ1) is 9.67. The van der Waals surface area contributed by atoms with E-state index in [1.54, 1.807) is 45.2 Å². The Hall–Kier alpha value is -2.34. The fourth-order valence-electron chi connectivity index (χ4n) is 1.76. The number of hydrogen-bond acceptors (Lipinski definition) is 3. The van der Waals surface area contributed by atoms with Gasteiger partial charge in [-0.05, 0) is 37.6 Å². The van der Waals surface area contributed by atoms with Gasteiger partial charge in [0.05, 0.1) is 12.1 Å². The van der Waals surface area contributed by atoms with Crippen molar-refractivity contribution >= 4 is 23.8 Å². The Kier molecular flexibility index (Phi) is 5.49. The number of carboxylic acids is 1. The van der Waals surface area contributed by atoms with Crippen molar-refractivity contribution in [3.05, 3.63) is 35.9 Å². The molecule has 3 N–H and O–H groups in total. The summed E-state index contributed by atoms with van der Waals surface area (Å²) in [6.45, 7) is 3.43. The van der Waals surface area contributed by atoms with Crippen LogP contribution in [0, 0.1) is 0 Å². The normalized spacial score (nSPS) is 11.4. The minimum atomic E-state index is -1.03. The fraction of sp³-hybridized carbons (Fsp3) is 0.333. The zero-order valence-electron chi connectivity index (χ0n) is 12.3. The average Bonchev–Trinajstić information content (AvgIpc) is 2.34. The van der Waals surface area contributed by atoms with E-state index in [2.05, 4.69) is 5.32 Å². The van der Waals surface area contributed by atoms with Crippen LogP contribution < -0.4 is 5.32 Å². The van der Waals surface area contributed by atoms with E-state index in [9.17, 15) is 14.7 Å². The van der Waals surface area contributed by atoms with Gasteiger partial charge >= 0.3 is 12.0 Å². The van der Waals surface area contributed by atoms with E-state index in [1.807, 2.05) is 0 Å². The molecule has 0 fully saturated rings. The SMILES string of the molecule is CN(CC(C)(C)O)C(=O)Nc1cccc(/C=C/C(=O)O)c1. The van der Waals surface area contributed by atoms with Crippen molar-refractivity contribution < 1.29 is 19.8 Å². The lowest BCUT2D eigenvalue weighted by atomic mass is 10.1. The molecule has 0 bridgehead atoms. The molecule has 6 heteroatoms. The highest BCUT2D eigenvalue weighted by atomic mass is 16.4. The number of aliphatic hydroxyl groups is 1. The van der Waals surface area contributed by atoms with Crippen LogP contribution in [0.5, 0.6) is 0 Å². The van der Waals surface area contributed by atoms with Crippen LogP contribution in [0.1, 0.15) is 19.4 Å². The lowest BCUT2D eigenvalue weighted by Crippen LogP contribution is -2.41. The Morgan fingerprint density at radius 2 is 2.05 bits per heavy atom. The first kappa shape index (κ1) is 16.7. The van der Waals surface area contributed by atoms with Gasteiger partial charge < -0.3 is 20.4 Å². The lowest BCUT2D eigenvalue weighted by Gasteiger charge is -2.25. The van der Waals surface area contributed by atoms with E-state index in [1.165, 1.54) is 11.0 Å². The van der Waals surface area contributed by atoms with Gasteiger partial charge in [0.2, 0.25) is 0 Å². The van der Waals surface area contributed by atoms with Gasteiger partial charge in [0.15, 0.2) is 0 Å². The second-order valence-corrected chi connectivity index (χ2v) is 5.40. The molecule has 1 aromatic carbocycles. The number of aliphatic carboxylic acids is 1. The van der Waals surface area contributed by atoms with Gasteiger partial charge in [-0.1, -0.05) is 12.1 Å². The van der Waals surface area contributed by atoms with Crippen LogP contribution in [0.15, 0.2) is 30.3 Å². The van der Waals surface area contributed by atoms with E-state index < -0.39 is 11.6 Å². The Morgan fingerprint density at radius 3 is 2.62 bits per heavy atom. The minimum Gasteiger partial charge on any atom is -0.478 e. The van der Waals surface area contributed by atoms with Crippen LogP contribution in [0.4, 0.5) is 10.5 Å². The second kappa shape index (κ2) is 6.90. The number of nitrogens with one attached hydrogen (secondary N) is 1. The van der Waals surface area contributed by atoms with Gasteiger partial charge in [-0.3, -0.25) is 0 Å². The molecule has 0 atom stereocenters. The number of amides is 2. The molecule has 114 valence electrons. The molecule has 0 aliphatic carbocycles. The van der Waals surface area contributed by atoms with Gasteiger partial charge in [-0.2, -0.15) is 0 Å². The molecule has 0 saturated heterocycles. The molecule has 1 aromatic rings. The van der Waals surface area contributed by atoms with E-state index in [4.69, 9.17) is 5.11 Å². The number of carbonyl (C=O) groups is 2. The number of likely N-dealkylation sites (N-methyl/N-ethyl adjacent to an activating group) is 1. The van der Waals surface area contributed by atoms with Gasteiger partial charge in [0.1, 0.15) is 0 Å². The number of benzene rings is 1. The quantitative estimate of drug-likeness (QED) is 0.724. The molecule has 0 aliphatic rings. The van der Waals surface area contributed by atoms with Crippen LogP contribution in [0.25, 0.3) is 6.08 Å². The molecule has 0 aromatic heterocycles. The third-order valence-corrected chi connectivity index (χ3v) is 2.53. The summed E-state index contributed by atoms with van der Waals surface area (Å²) in [5.41, 5.74) is 0.244. The van der Waals surface area contributed by atoms with E-state index in [0.717, 1.165) is 6.08 Å². The summed E-state index contributed by atoms with van der Waals surface area (Å²) >= 11 is 0. The maximum atomic E-state index is 12.0. The number of rotatable bonds is 5. The Balaban J connectivity index is 2.72. The molecule has 2 amide bonds. The zero-order valence-corrected chi connectivity index (χ0v) is 12.3. The van der Waals surface area contributed by atoms with Gasteiger partial charge in [0.25, 0.3) is 0 Å². The molecule has 0 radical (unpaired) electrons. The van der Waals surface area contributed by atoms with Crippen LogP contribution in [-0.4, -0.2) is 46.3 Å². The highest BCUT2D eigenvalue weighted by molar-refractivity contribution is 5.90. The van der Waals surface area contributed by atoms with Crippen molar-refractivity contribution in [2.24, 2.45) is 0 Å². The van der Waals surface area contributed by atoms with Crippen molar-refractivity contribution in [1.29, 1.82) is 0 Å². The van der Waals surface area contributed by atoms with E-state index >= 15 is 0 Å². The summed E-state index contributed by atoms with van der Waals surface area (Å²) in [6.07, 6.45) is 2.47. The standard InChI is InChI=1S/C15H20N2O4/c1-15(2,21)10-17(3)14(20)16-12-6-4-5-11(9-12)7-8-13(18)19/h4-9,21H,10H2,1-3H3,(H,16,20)(H,18,19)/b8-7+. The van der Waals surface area contributed by atoms with E-state index in [-0.39, 0.29) is 12.6 Å². The maximum Gasteiger partial charge on any atom is 0.328 e. The number of anilines is 1. The topological polar surface area (TPSA) is 89.9 Å². The number of hydrogen-bond donors (Lipinski definition) is 3. The average molecular weight is 292 g/mol. The maximum absolute atomic E-state index is 12.0. The van der Waals surface area contributed by atoms with Crippen molar-refractivity contribution in [2.75, 3.05) is 18.9 Å². The minimum absolute atomic E-state index is 0.192. The summed E-state index contributed by atoms with van der Waals surface area (Å²) in [5.74, 6) is -1.03. The first-order valence-corrected chi connectivity index (χ1v) is 6.43. The summed E-state index contributed by atoms with van der Waals surface area (Å²) in [6, 6.07) is 6.46. The summed E-state index contributed by atoms with van der Waals surface area (Å²) < 4.78 is 0. The summed E-state index contributed by atoms with van der Waals surface area (Å²) in [7, 11) is 1.58. The first-order valence-electron chi connectivity index (χ1n) is 6.43. The molecule has 0 spiro atoms. The lowest BCUT2D eigenvalue weighted by molar-refractivity contribution is -0.131. The number of carboxylic acid groups (broad SMARTS) is 1. The molecule has 0 aliphatic heterocycles. The van der Waals surface area contributed by atoms with Crippen LogP contribution in [0.2, 0.25) is 0 Å². The van der Waals surface area contributed by atoms with Gasteiger partial charge in [-0.15, -0.1) is 0 Å². The number of nitrogens with zero attached hydrogens (tertiary/aromatic N) is 1. The monoisotopic (exact) mass is 292 g/mol. The third kappa shape index (κ3) is 6.58. The largest absolute Gasteiger partial charge is 0.478 e. The Labute approximate surface area is 123 Å². The second-order valence-electron chi connectivity index (χ2n) is 5.40. The van der Waals surface area contributed by atoms with Crippen LogP contribution in [-0.2, 0) is 4.79 Å². The molecular formula is C15H20N2O4. The Morgan fingerprint density at radius 1 is 1.38 bits per heavy atom. The predicted octanol–water partition coefficient (Wildman–Crippen LogP) is 2.02. The molecule has 0 saturated carbocycles. The van der Waals surface area contributed by atoms with E-state index in [0.29, 0.717) is 11.3 Å². The molecule has 0 unspecified atom stereocenters. The highest BCUT2D eigenvalue weighted by Gasteiger charge is 2.19. The van der Waals surface area contributed by atoms with Crippen molar-refractivity contribution in [3.63, 3.8) is 0 Å². The van der Waals surface area contributed by atoms with Crippen molar-refractivity contribution in [1.82, 2.24) is 4.90 Å². The third-order valence-electron chi connectivity index (χ3n) is 2.53. The number of carbonyl (C=O) groups excluding carboxylic acids is 1. The zero-order chi connectivity index (χ0) is 16.0. The molecule has 21 heavy (non-hydrogen) atoms. The molecule has 6 nitrogen and oxygen atoms in total. The summed E-state index contributed by atoms with van der Waals surface area (Å²) in [4.78, 5) is 23.8. The smallest absolute Gasteiger partial charge is 0.328 e.